The van der Waals surface area contributed by atoms with E-state index in [1.54, 1.807) is 6.92 Å². The molecule has 76 valence electrons. The standard InChI is InChI=1S/C10H7FN2O2/c1-5-4-12-8-3-7(11)6(10(14)15)2-9(8)13-5/h2-4H,1H3,(H,14,15). The Morgan fingerprint density at radius 2 is 2.13 bits per heavy atom. The molecule has 0 radical (unpaired) electrons. The van der Waals surface area contributed by atoms with Crippen LogP contribution >= 0.6 is 0 Å². The van der Waals surface area contributed by atoms with Gasteiger partial charge in [0, 0.05) is 12.3 Å². The maximum atomic E-state index is 13.2. The average molecular weight is 206 g/mol. The number of hydrogen-bond acceptors (Lipinski definition) is 3. The molecule has 1 aromatic heterocycles. The van der Waals surface area contributed by atoms with Crippen LogP contribution in [0.2, 0.25) is 0 Å². The second-order valence-corrected chi connectivity index (χ2v) is 3.14. The second kappa shape index (κ2) is 3.27. The van der Waals surface area contributed by atoms with Gasteiger partial charge >= 0.3 is 5.97 Å². The van der Waals surface area contributed by atoms with E-state index >= 15 is 0 Å². The number of aromatic nitrogens is 2. The van der Waals surface area contributed by atoms with Crippen LogP contribution in [-0.2, 0) is 0 Å². The molecule has 0 aliphatic heterocycles. The third-order valence-corrected chi connectivity index (χ3v) is 1.98. The van der Waals surface area contributed by atoms with Crippen LogP contribution in [0.25, 0.3) is 11.0 Å². The monoisotopic (exact) mass is 206 g/mol. The largest absolute Gasteiger partial charge is 0.478 e. The molecule has 0 atom stereocenters. The Morgan fingerprint density at radius 1 is 1.40 bits per heavy atom. The third-order valence-electron chi connectivity index (χ3n) is 1.98. The minimum absolute atomic E-state index is 0.350. The zero-order chi connectivity index (χ0) is 11.0. The van der Waals surface area contributed by atoms with Crippen LogP contribution in [0.4, 0.5) is 4.39 Å². The molecule has 5 heteroatoms. The number of aromatic carboxylic acids is 1. The number of benzene rings is 1. The lowest BCUT2D eigenvalue weighted by molar-refractivity contribution is 0.0692. The number of halogens is 1. The van der Waals surface area contributed by atoms with Gasteiger partial charge in [0.05, 0.1) is 22.3 Å². The van der Waals surface area contributed by atoms with Gasteiger partial charge in [-0.15, -0.1) is 0 Å². The third kappa shape index (κ3) is 1.63. The van der Waals surface area contributed by atoms with E-state index < -0.39 is 11.8 Å². The summed E-state index contributed by atoms with van der Waals surface area (Å²) in [5, 5.41) is 8.71. The van der Waals surface area contributed by atoms with E-state index in [0.29, 0.717) is 16.7 Å². The predicted octanol–water partition coefficient (Wildman–Crippen LogP) is 1.78. The Labute approximate surface area is 84.4 Å². The highest BCUT2D eigenvalue weighted by molar-refractivity contribution is 5.92. The highest BCUT2D eigenvalue weighted by Crippen LogP contribution is 2.16. The molecule has 0 saturated carbocycles. The van der Waals surface area contributed by atoms with E-state index in [1.165, 1.54) is 12.3 Å². The number of carboxylic acids is 1. The van der Waals surface area contributed by atoms with Crippen LogP contribution in [0.15, 0.2) is 18.3 Å². The number of rotatable bonds is 1. The maximum Gasteiger partial charge on any atom is 0.338 e. The van der Waals surface area contributed by atoms with Crippen molar-refractivity contribution in [2.75, 3.05) is 0 Å². The Morgan fingerprint density at radius 3 is 2.80 bits per heavy atom. The highest BCUT2D eigenvalue weighted by atomic mass is 19.1. The van der Waals surface area contributed by atoms with E-state index in [1.807, 2.05) is 0 Å². The molecule has 0 aliphatic carbocycles. The molecule has 1 N–H and O–H groups in total. The van der Waals surface area contributed by atoms with Gasteiger partial charge in [0.2, 0.25) is 0 Å². The first-order valence-corrected chi connectivity index (χ1v) is 4.24. The van der Waals surface area contributed by atoms with E-state index in [9.17, 15) is 9.18 Å². The summed E-state index contributed by atoms with van der Waals surface area (Å²) in [5.41, 5.74) is 1.00. The van der Waals surface area contributed by atoms with Gasteiger partial charge in [0.25, 0.3) is 0 Å². The molecule has 4 nitrogen and oxygen atoms in total. The molecule has 0 spiro atoms. The lowest BCUT2D eigenvalue weighted by Crippen LogP contribution is -2.01. The summed E-state index contributed by atoms with van der Waals surface area (Å²) in [6, 6.07) is 2.26. The molecule has 0 aliphatic rings. The summed E-state index contributed by atoms with van der Waals surface area (Å²) in [4.78, 5) is 18.7. The molecule has 15 heavy (non-hydrogen) atoms. The minimum Gasteiger partial charge on any atom is -0.478 e. The zero-order valence-electron chi connectivity index (χ0n) is 7.86. The summed E-state index contributed by atoms with van der Waals surface area (Å²) in [6.45, 7) is 1.73. The molecular formula is C10H7FN2O2. The quantitative estimate of drug-likeness (QED) is 0.772. The maximum absolute atomic E-state index is 13.2. The van der Waals surface area contributed by atoms with Crippen molar-refractivity contribution in [3.8, 4) is 0 Å². The molecule has 2 rings (SSSR count). The fourth-order valence-electron chi connectivity index (χ4n) is 1.29. The normalized spacial score (nSPS) is 10.5. The van der Waals surface area contributed by atoms with Gasteiger partial charge in [-0.05, 0) is 13.0 Å². The SMILES string of the molecule is Cc1cnc2cc(F)c(C(=O)O)cc2n1. The molecule has 0 fully saturated rings. The van der Waals surface area contributed by atoms with Crippen LogP contribution < -0.4 is 0 Å². The number of carbonyl (C=O) groups is 1. The van der Waals surface area contributed by atoms with Gasteiger partial charge in [-0.25, -0.2) is 14.2 Å². The molecular weight excluding hydrogens is 199 g/mol. The van der Waals surface area contributed by atoms with Gasteiger partial charge in [-0.2, -0.15) is 0 Å². The molecule has 0 unspecified atom stereocenters. The first-order chi connectivity index (χ1) is 7.08. The van der Waals surface area contributed by atoms with Crippen molar-refractivity contribution in [2.24, 2.45) is 0 Å². The average Bonchev–Trinajstić information content (AvgIpc) is 2.17. The number of nitrogens with zero attached hydrogens (tertiary/aromatic N) is 2. The highest BCUT2D eigenvalue weighted by Gasteiger charge is 2.12. The number of aryl methyl sites for hydroxylation is 1. The van der Waals surface area contributed by atoms with Gasteiger partial charge < -0.3 is 5.11 Å². The fraction of sp³-hybridized carbons (Fsp3) is 0.100. The molecule has 1 heterocycles. The summed E-state index contributed by atoms with van der Waals surface area (Å²) in [7, 11) is 0. The lowest BCUT2D eigenvalue weighted by Gasteiger charge is -2.01. The molecule has 0 amide bonds. The lowest BCUT2D eigenvalue weighted by atomic mass is 10.2. The molecule has 2 aromatic rings. The Kier molecular flexibility index (Phi) is 2.07. The fourth-order valence-corrected chi connectivity index (χ4v) is 1.29. The van der Waals surface area contributed by atoms with Crippen molar-refractivity contribution in [3.05, 3.63) is 35.4 Å². The second-order valence-electron chi connectivity index (χ2n) is 3.14. The Balaban J connectivity index is 2.77. The van der Waals surface area contributed by atoms with Crippen molar-refractivity contribution in [3.63, 3.8) is 0 Å². The Hall–Kier alpha value is -2.04. The zero-order valence-corrected chi connectivity index (χ0v) is 7.86. The van der Waals surface area contributed by atoms with Gasteiger partial charge in [0.1, 0.15) is 5.82 Å². The van der Waals surface area contributed by atoms with Gasteiger partial charge in [-0.1, -0.05) is 0 Å². The topological polar surface area (TPSA) is 63.1 Å². The van der Waals surface area contributed by atoms with Crippen molar-refractivity contribution >= 4 is 17.0 Å². The van der Waals surface area contributed by atoms with Crippen molar-refractivity contribution in [1.82, 2.24) is 9.97 Å². The predicted molar refractivity (Wildman–Crippen MR) is 51.2 cm³/mol. The van der Waals surface area contributed by atoms with Gasteiger partial charge in [-0.3, -0.25) is 4.98 Å². The van der Waals surface area contributed by atoms with Crippen LogP contribution in [0.3, 0.4) is 0 Å². The van der Waals surface area contributed by atoms with E-state index in [4.69, 9.17) is 5.11 Å². The summed E-state index contributed by atoms with van der Waals surface area (Å²) in [5.74, 6) is -2.11. The summed E-state index contributed by atoms with van der Waals surface area (Å²) >= 11 is 0. The first-order valence-electron chi connectivity index (χ1n) is 4.24. The van der Waals surface area contributed by atoms with Crippen molar-refractivity contribution in [1.29, 1.82) is 0 Å². The number of carboxylic acid groups (broad SMARTS) is 1. The summed E-state index contributed by atoms with van der Waals surface area (Å²) in [6.07, 6.45) is 1.50. The smallest absolute Gasteiger partial charge is 0.338 e. The van der Waals surface area contributed by atoms with Crippen molar-refractivity contribution in [2.45, 2.75) is 6.92 Å². The van der Waals surface area contributed by atoms with Crippen LogP contribution in [0.1, 0.15) is 16.1 Å². The van der Waals surface area contributed by atoms with Gasteiger partial charge in [0.15, 0.2) is 0 Å². The molecule has 0 bridgehead atoms. The molecule has 0 saturated heterocycles. The molecule has 1 aromatic carbocycles. The number of hydrogen-bond donors (Lipinski definition) is 1. The van der Waals surface area contributed by atoms with E-state index in [2.05, 4.69) is 9.97 Å². The van der Waals surface area contributed by atoms with E-state index in [0.717, 1.165) is 6.07 Å². The summed E-state index contributed by atoms with van der Waals surface area (Å²) < 4.78 is 13.2. The first kappa shape index (κ1) is 9.51. The minimum atomic E-state index is -1.31. The van der Waals surface area contributed by atoms with Crippen LogP contribution in [0.5, 0.6) is 0 Å². The van der Waals surface area contributed by atoms with Crippen LogP contribution in [-0.4, -0.2) is 21.0 Å². The Bertz CT molecular complexity index is 554. The van der Waals surface area contributed by atoms with E-state index in [-0.39, 0.29) is 5.56 Å². The number of fused-ring (bicyclic) bond motifs is 1. The van der Waals surface area contributed by atoms with Crippen LogP contribution in [0, 0.1) is 12.7 Å². The van der Waals surface area contributed by atoms with Crippen molar-refractivity contribution < 1.29 is 14.3 Å².